The van der Waals surface area contributed by atoms with E-state index >= 15 is 0 Å². The molecule has 0 spiro atoms. The summed E-state index contributed by atoms with van der Waals surface area (Å²) < 4.78 is 35.1. The molecule has 0 fully saturated rings. The zero-order valence-corrected chi connectivity index (χ0v) is 32.7. The predicted octanol–water partition coefficient (Wildman–Crippen LogP) is 8.03. The largest absolute Gasteiger partial charge is 0.507 e. The van der Waals surface area contributed by atoms with Crippen molar-refractivity contribution >= 4 is 51.3 Å². The normalized spacial score (nSPS) is 11.7. The minimum absolute atomic E-state index is 0.0966. The average molecular weight is 770 g/mol. The fourth-order valence-corrected chi connectivity index (χ4v) is 7.51. The monoisotopic (exact) mass is 769 g/mol. The van der Waals surface area contributed by atoms with E-state index in [1.54, 1.807) is 19.2 Å². The van der Waals surface area contributed by atoms with Crippen LogP contribution in [0.25, 0.3) is 39.0 Å². The first kappa shape index (κ1) is 39.2. The number of ether oxygens (including phenoxy) is 3. The van der Waals surface area contributed by atoms with Gasteiger partial charge in [-0.1, -0.05) is 29.8 Å². The average Bonchev–Trinajstić information content (AvgIpc) is 3.81. The molecule has 0 atom stereocenters. The number of aromatic nitrogens is 5. The molecule has 11 nitrogen and oxygen atoms in total. The number of esters is 2. The highest BCUT2D eigenvalue weighted by molar-refractivity contribution is 6.35. The molecule has 3 aromatic carbocycles. The second-order valence-corrected chi connectivity index (χ2v) is 13.8. The van der Waals surface area contributed by atoms with Gasteiger partial charge in [0.25, 0.3) is 0 Å². The van der Waals surface area contributed by atoms with E-state index in [1.807, 2.05) is 71.1 Å². The number of phenolic OH excluding ortho intramolecular Hbond substituents is 1. The van der Waals surface area contributed by atoms with E-state index in [1.165, 1.54) is 26.4 Å². The van der Waals surface area contributed by atoms with Gasteiger partial charge >= 0.3 is 11.9 Å². The Morgan fingerprint density at radius 2 is 1.73 bits per heavy atom. The van der Waals surface area contributed by atoms with Crippen LogP contribution >= 0.6 is 11.6 Å². The number of methoxy groups -OCH3 is 3. The van der Waals surface area contributed by atoms with Crippen molar-refractivity contribution in [3.05, 3.63) is 105 Å². The number of rotatable bonds is 15. The van der Waals surface area contributed by atoms with Crippen molar-refractivity contribution in [3.63, 3.8) is 0 Å². The zero-order chi connectivity index (χ0) is 39.4. The molecule has 55 heavy (non-hydrogen) atoms. The first-order valence-electron chi connectivity index (χ1n) is 18.2. The summed E-state index contributed by atoms with van der Waals surface area (Å²) >= 11 is 7.04. The lowest BCUT2D eigenvalue weighted by Gasteiger charge is -2.14. The summed E-state index contributed by atoms with van der Waals surface area (Å²) in [5.41, 5.74) is 7.78. The molecule has 3 aromatic heterocycles. The summed E-state index contributed by atoms with van der Waals surface area (Å²) in [6, 6.07) is 13.7. The van der Waals surface area contributed by atoms with Gasteiger partial charge in [-0.3, -0.25) is 14.2 Å². The number of aryl methyl sites for hydroxylation is 5. The van der Waals surface area contributed by atoms with Gasteiger partial charge in [0.05, 0.1) is 61.5 Å². The standard InChI is InChI=1S/C42H45ClFN5O6/c1-7-47-40-33(34(15-17-37(51)54-5)41(47)42(52)55-6)14-16-35(43)38(40)39-25(2)26(3)45-49(39)18-8-9-30-24-31(48(46-30)19-20-53-4)12-10-27-21-28-23-29(44)11-13-32(28)36(50)22-27/h8-9,11,13-14,16,21-24,50H,7,10,12,15,17-20H2,1-6H3. The fraction of sp³-hybridized carbons (Fsp3) is 0.333. The Labute approximate surface area is 323 Å². The summed E-state index contributed by atoms with van der Waals surface area (Å²) in [6.45, 7) is 7.79. The summed E-state index contributed by atoms with van der Waals surface area (Å²) in [4.78, 5) is 25.4. The van der Waals surface area contributed by atoms with Crippen LogP contribution in [-0.4, -0.2) is 69.1 Å². The Morgan fingerprint density at radius 3 is 2.45 bits per heavy atom. The maximum atomic E-state index is 13.9. The highest BCUT2D eigenvalue weighted by Gasteiger charge is 2.28. The quantitative estimate of drug-likeness (QED) is 0.104. The van der Waals surface area contributed by atoms with Crippen molar-refractivity contribution in [1.82, 2.24) is 24.1 Å². The molecule has 6 aromatic rings. The van der Waals surface area contributed by atoms with Crippen molar-refractivity contribution in [1.29, 1.82) is 0 Å². The van der Waals surface area contributed by atoms with Crippen LogP contribution in [-0.2, 0) is 57.9 Å². The third-order valence-corrected chi connectivity index (χ3v) is 10.3. The molecule has 288 valence electrons. The Hall–Kier alpha value is -5.46. The van der Waals surface area contributed by atoms with Gasteiger partial charge in [0.15, 0.2) is 0 Å². The molecule has 3 heterocycles. The summed E-state index contributed by atoms with van der Waals surface area (Å²) in [6.07, 6.45) is 5.58. The fourth-order valence-electron chi connectivity index (χ4n) is 7.27. The van der Waals surface area contributed by atoms with E-state index in [2.05, 4.69) is 0 Å². The van der Waals surface area contributed by atoms with Gasteiger partial charge in [-0.05, 0) is 105 Å². The lowest BCUT2D eigenvalue weighted by Crippen LogP contribution is -2.13. The molecular formula is C42H45ClFN5O6. The smallest absolute Gasteiger partial charge is 0.354 e. The molecule has 0 saturated carbocycles. The van der Waals surface area contributed by atoms with E-state index in [4.69, 9.17) is 36.0 Å². The molecule has 0 amide bonds. The van der Waals surface area contributed by atoms with Gasteiger partial charge in [-0.15, -0.1) is 0 Å². The zero-order valence-electron chi connectivity index (χ0n) is 31.9. The van der Waals surface area contributed by atoms with Crippen LogP contribution in [0.15, 0.2) is 54.6 Å². The van der Waals surface area contributed by atoms with Crippen molar-refractivity contribution in [3.8, 4) is 17.0 Å². The lowest BCUT2D eigenvalue weighted by atomic mass is 10.00. The van der Waals surface area contributed by atoms with Crippen molar-refractivity contribution in [2.75, 3.05) is 27.9 Å². The molecule has 0 aliphatic rings. The van der Waals surface area contributed by atoms with Crippen LogP contribution in [0.3, 0.4) is 0 Å². The van der Waals surface area contributed by atoms with Gasteiger partial charge in [-0.25, -0.2) is 9.18 Å². The van der Waals surface area contributed by atoms with Crippen LogP contribution in [0.1, 0.15) is 57.6 Å². The van der Waals surface area contributed by atoms with E-state index < -0.39 is 5.97 Å². The number of halogens is 2. The number of benzene rings is 3. The minimum atomic E-state index is -0.501. The number of hydrogen-bond donors (Lipinski definition) is 1. The number of carbonyl (C=O) groups is 2. The van der Waals surface area contributed by atoms with Gasteiger partial charge in [0.1, 0.15) is 17.3 Å². The third-order valence-electron chi connectivity index (χ3n) is 10.0. The summed E-state index contributed by atoms with van der Waals surface area (Å²) in [5.74, 6) is -1.11. The van der Waals surface area contributed by atoms with E-state index in [0.29, 0.717) is 66.1 Å². The molecule has 0 aliphatic heterocycles. The van der Waals surface area contributed by atoms with E-state index in [9.17, 15) is 19.1 Å². The number of hydrogen-bond acceptors (Lipinski definition) is 8. The number of nitrogens with zero attached hydrogens (tertiary/aromatic N) is 5. The van der Waals surface area contributed by atoms with Crippen LogP contribution < -0.4 is 0 Å². The van der Waals surface area contributed by atoms with Crippen molar-refractivity contribution in [2.24, 2.45) is 0 Å². The first-order chi connectivity index (χ1) is 26.5. The van der Waals surface area contributed by atoms with Gasteiger partial charge < -0.3 is 23.9 Å². The van der Waals surface area contributed by atoms with Gasteiger partial charge in [0, 0.05) is 42.1 Å². The molecular weight excluding hydrogens is 725 g/mol. The van der Waals surface area contributed by atoms with Gasteiger partial charge in [-0.2, -0.15) is 10.2 Å². The van der Waals surface area contributed by atoms with Crippen LogP contribution in [0, 0.1) is 19.7 Å². The molecule has 0 aliphatic carbocycles. The molecule has 0 bridgehead atoms. The number of carbonyl (C=O) groups excluding carboxylic acids is 2. The number of phenols is 1. The number of aromatic hydroxyl groups is 1. The highest BCUT2D eigenvalue weighted by Crippen LogP contribution is 2.42. The maximum Gasteiger partial charge on any atom is 0.354 e. The predicted molar refractivity (Wildman–Crippen MR) is 211 cm³/mol. The lowest BCUT2D eigenvalue weighted by molar-refractivity contribution is -0.140. The number of fused-ring (bicyclic) bond motifs is 2. The topological polar surface area (TPSA) is 123 Å². The van der Waals surface area contributed by atoms with E-state index in [0.717, 1.165) is 50.4 Å². The second kappa shape index (κ2) is 16.9. The Morgan fingerprint density at radius 1 is 0.945 bits per heavy atom. The van der Waals surface area contributed by atoms with Crippen LogP contribution in [0.2, 0.25) is 5.02 Å². The Kier molecular flexibility index (Phi) is 12.1. The SMILES string of the molecule is CCn1c(C(=O)OC)c(CCC(=O)OC)c2ccc(Cl)c(-c3c(C)c(C)nn3CC=Cc3cc(CCc4cc(O)c5ccc(F)cc5c4)n(CCOC)n3)c21. The molecule has 6 rings (SSSR count). The highest BCUT2D eigenvalue weighted by atomic mass is 35.5. The van der Waals surface area contributed by atoms with Crippen molar-refractivity contribution < 1.29 is 33.3 Å². The molecule has 0 saturated heterocycles. The van der Waals surface area contributed by atoms with Crippen LogP contribution in [0.5, 0.6) is 5.75 Å². The minimum Gasteiger partial charge on any atom is -0.507 e. The third kappa shape index (κ3) is 8.01. The van der Waals surface area contributed by atoms with Crippen molar-refractivity contribution in [2.45, 2.75) is 66.1 Å². The summed E-state index contributed by atoms with van der Waals surface area (Å²) in [7, 11) is 4.33. The van der Waals surface area contributed by atoms with E-state index in [-0.39, 0.29) is 30.4 Å². The molecule has 1 N–H and O–H groups in total. The molecule has 0 radical (unpaired) electrons. The Bertz CT molecular complexity index is 2430. The summed E-state index contributed by atoms with van der Waals surface area (Å²) in [5, 5.41) is 22.9. The Balaban J connectivity index is 1.33. The molecule has 13 heteroatoms. The first-order valence-corrected chi connectivity index (χ1v) is 18.5. The number of allylic oxidation sites excluding steroid dienone is 1. The van der Waals surface area contributed by atoms with Gasteiger partial charge in [0.2, 0.25) is 0 Å². The maximum absolute atomic E-state index is 13.9. The molecule has 0 unspecified atom stereocenters. The van der Waals surface area contributed by atoms with Crippen LogP contribution in [0.4, 0.5) is 4.39 Å². The second-order valence-electron chi connectivity index (χ2n) is 13.4.